The second-order valence-electron chi connectivity index (χ2n) is 7.64. The van der Waals surface area contributed by atoms with Crippen LogP contribution in [-0.4, -0.2) is 45.4 Å². The van der Waals surface area contributed by atoms with Gasteiger partial charge in [0.15, 0.2) is 18.1 Å². The summed E-state index contributed by atoms with van der Waals surface area (Å²) in [5, 5.41) is 2.80. The highest BCUT2D eigenvalue weighted by Gasteiger charge is 2.21. The number of amides is 1. The molecule has 0 bridgehead atoms. The Balaban J connectivity index is 1.47. The van der Waals surface area contributed by atoms with Crippen molar-refractivity contribution in [2.75, 3.05) is 33.1 Å². The van der Waals surface area contributed by atoms with Crippen molar-refractivity contribution in [2.45, 2.75) is 38.2 Å². The molecule has 172 valence electrons. The molecule has 0 unspecified atom stereocenters. The molecule has 8 heteroatoms. The standard InChI is InChI=1S/C24H30N2O6/c1-29-20-10-7-16(13-22(20)30-2)11-12-26-23(27)15-31-21-14-17(8-9-19(21)25)24(28)32-18-5-3-4-6-18/h7-10,13-14,18H,3-6,11-12,15,25H2,1-2H3,(H,26,27). The number of carbonyl (C=O) groups is 2. The fourth-order valence-corrected chi connectivity index (χ4v) is 3.59. The number of hydrogen-bond acceptors (Lipinski definition) is 7. The van der Waals surface area contributed by atoms with E-state index < -0.39 is 5.97 Å². The van der Waals surface area contributed by atoms with E-state index in [0.717, 1.165) is 31.2 Å². The van der Waals surface area contributed by atoms with Crippen LogP contribution in [0.3, 0.4) is 0 Å². The van der Waals surface area contributed by atoms with Crippen molar-refractivity contribution in [3.63, 3.8) is 0 Å². The normalized spacial score (nSPS) is 13.4. The molecule has 1 amide bonds. The summed E-state index contributed by atoms with van der Waals surface area (Å²) < 4.78 is 21.6. The Labute approximate surface area is 188 Å². The summed E-state index contributed by atoms with van der Waals surface area (Å²) >= 11 is 0. The zero-order chi connectivity index (χ0) is 22.9. The number of nitrogens with two attached hydrogens (primary N) is 1. The van der Waals surface area contributed by atoms with Crippen LogP contribution in [0, 0.1) is 0 Å². The van der Waals surface area contributed by atoms with Crippen molar-refractivity contribution in [3.8, 4) is 17.2 Å². The van der Waals surface area contributed by atoms with Gasteiger partial charge in [-0.3, -0.25) is 4.79 Å². The van der Waals surface area contributed by atoms with Gasteiger partial charge >= 0.3 is 5.97 Å². The van der Waals surface area contributed by atoms with Crippen molar-refractivity contribution in [3.05, 3.63) is 47.5 Å². The lowest BCUT2D eigenvalue weighted by Crippen LogP contribution is -2.30. The molecule has 1 saturated carbocycles. The van der Waals surface area contributed by atoms with Crippen molar-refractivity contribution in [1.82, 2.24) is 5.32 Å². The largest absolute Gasteiger partial charge is 0.493 e. The molecule has 0 aromatic heterocycles. The summed E-state index contributed by atoms with van der Waals surface area (Å²) in [5.41, 5.74) is 7.64. The SMILES string of the molecule is COc1ccc(CCNC(=O)COc2cc(C(=O)OC3CCCC3)ccc2N)cc1OC. The zero-order valence-electron chi connectivity index (χ0n) is 18.5. The van der Waals surface area contributed by atoms with Gasteiger partial charge in [0.1, 0.15) is 11.9 Å². The summed E-state index contributed by atoms with van der Waals surface area (Å²) in [6.45, 7) is 0.220. The lowest BCUT2D eigenvalue weighted by molar-refractivity contribution is -0.123. The number of benzene rings is 2. The number of rotatable bonds is 10. The molecule has 1 aliphatic rings. The Morgan fingerprint density at radius 2 is 1.75 bits per heavy atom. The minimum absolute atomic E-state index is 0.0270. The minimum atomic E-state index is -0.402. The van der Waals surface area contributed by atoms with Crippen molar-refractivity contribution < 1.29 is 28.5 Å². The molecular weight excluding hydrogens is 412 g/mol. The Bertz CT molecular complexity index is 940. The third-order valence-electron chi connectivity index (χ3n) is 5.37. The summed E-state index contributed by atoms with van der Waals surface area (Å²) in [7, 11) is 3.16. The molecule has 0 saturated heterocycles. The molecule has 1 aliphatic carbocycles. The van der Waals surface area contributed by atoms with Gasteiger partial charge in [-0.15, -0.1) is 0 Å². The summed E-state index contributed by atoms with van der Waals surface area (Å²) in [5.74, 6) is 0.882. The average molecular weight is 443 g/mol. The Morgan fingerprint density at radius 1 is 1.00 bits per heavy atom. The molecule has 0 radical (unpaired) electrons. The van der Waals surface area contributed by atoms with Gasteiger partial charge < -0.3 is 30.0 Å². The lowest BCUT2D eigenvalue weighted by atomic mass is 10.1. The van der Waals surface area contributed by atoms with Crippen LogP contribution in [-0.2, 0) is 16.0 Å². The van der Waals surface area contributed by atoms with E-state index in [1.54, 1.807) is 26.4 Å². The predicted molar refractivity (Wildman–Crippen MR) is 120 cm³/mol. The molecule has 0 spiro atoms. The van der Waals surface area contributed by atoms with E-state index in [9.17, 15) is 9.59 Å². The van der Waals surface area contributed by atoms with Crippen LogP contribution < -0.4 is 25.3 Å². The molecule has 8 nitrogen and oxygen atoms in total. The number of ether oxygens (including phenoxy) is 4. The Kier molecular flexibility index (Phi) is 8.19. The monoisotopic (exact) mass is 442 g/mol. The number of carbonyl (C=O) groups excluding carboxylic acids is 2. The number of esters is 1. The molecule has 32 heavy (non-hydrogen) atoms. The first kappa shape index (κ1) is 23.2. The topological polar surface area (TPSA) is 109 Å². The summed E-state index contributed by atoms with van der Waals surface area (Å²) in [4.78, 5) is 24.5. The van der Waals surface area contributed by atoms with Crippen molar-refractivity contribution >= 4 is 17.6 Å². The van der Waals surface area contributed by atoms with E-state index in [4.69, 9.17) is 24.7 Å². The van der Waals surface area contributed by atoms with Gasteiger partial charge in [-0.25, -0.2) is 4.79 Å². The van der Waals surface area contributed by atoms with Crippen LogP contribution in [0.25, 0.3) is 0 Å². The second-order valence-corrected chi connectivity index (χ2v) is 7.64. The van der Waals surface area contributed by atoms with Gasteiger partial charge in [-0.1, -0.05) is 6.07 Å². The fourth-order valence-electron chi connectivity index (χ4n) is 3.59. The molecule has 0 aliphatic heterocycles. The van der Waals surface area contributed by atoms with Gasteiger partial charge in [0.25, 0.3) is 5.91 Å². The maximum atomic E-state index is 12.3. The molecule has 1 fully saturated rings. The minimum Gasteiger partial charge on any atom is -0.493 e. The van der Waals surface area contributed by atoms with Crippen LogP contribution in [0.15, 0.2) is 36.4 Å². The number of nitrogen functional groups attached to an aromatic ring is 1. The van der Waals surface area contributed by atoms with Crippen LogP contribution in [0.4, 0.5) is 5.69 Å². The zero-order valence-corrected chi connectivity index (χ0v) is 18.5. The number of hydrogen-bond donors (Lipinski definition) is 2. The van der Waals surface area contributed by atoms with Crippen LogP contribution in [0.2, 0.25) is 0 Å². The number of anilines is 1. The van der Waals surface area contributed by atoms with Crippen LogP contribution in [0.5, 0.6) is 17.2 Å². The molecule has 3 N–H and O–H groups in total. The Hall–Kier alpha value is -3.42. The molecular formula is C24H30N2O6. The van der Waals surface area contributed by atoms with Crippen molar-refractivity contribution in [1.29, 1.82) is 0 Å². The molecule has 2 aromatic carbocycles. The second kappa shape index (κ2) is 11.3. The van der Waals surface area contributed by atoms with E-state index in [1.807, 2.05) is 18.2 Å². The predicted octanol–water partition coefficient (Wildman–Crippen LogP) is 3.12. The highest BCUT2D eigenvalue weighted by atomic mass is 16.5. The van der Waals surface area contributed by atoms with Gasteiger partial charge in [-0.2, -0.15) is 0 Å². The summed E-state index contributed by atoms with van der Waals surface area (Å²) in [6.07, 6.45) is 4.54. The Morgan fingerprint density at radius 3 is 2.47 bits per heavy atom. The maximum Gasteiger partial charge on any atom is 0.338 e. The highest BCUT2D eigenvalue weighted by molar-refractivity contribution is 5.91. The van der Waals surface area contributed by atoms with Gasteiger partial charge in [-0.05, 0) is 68.0 Å². The molecule has 0 heterocycles. The quantitative estimate of drug-likeness (QED) is 0.430. The first-order chi connectivity index (χ1) is 15.5. The molecule has 2 aromatic rings. The first-order valence-electron chi connectivity index (χ1n) is 10.7. The molecule has 0 atom stereocenters. The smallest absolute Gasteiger partial charge is 0.338 e. The summed E-state index contributed by atoms with van der Waals surface area (Å²) in [6, 6.07) is 10.3. The van der Waals surface area contributed by atoms with E-state index >= 15 is 0 Å². The fraction of sp³-hybridized carbons (Fsp3) is 0.417. The molecule has 3 rings (SSSR count). The van der Waals surface area contributed by atoms with Crippen molar-refractivity contribution in [2.24, 2.45) is 0 Å². The van der Waals surface area contributed by atoms with E-state index in [2.05, 4.69) is 5.32 Å². The van der Waals surface area contributed by atoms with Gasteiger partial charge in [0.2, 0.25) is 0 Å². The number of methoxy groups -OCH3 is 2. The first-order valence-corrected chi connectivity index (χ1v) is 10.7. The maximum absolute atomic E-state index is 12.3. The third kappa shape index (κ3) is 6.29. The lowest BCUT2D eigenvalue weighted by Gasteiger charge is -2.13. The average Bonchev–Trinajstić information content (AvgIpc) is 3.31. The van der Waals surface area contributed by atoms with Gasteiger partial charge in [0, 0.05) is 6.54 Å². The van der Waals surface area contributed by atoms with Crippen LogP contribution >= 0.6 is 0 Å². The van der Waals surface area contributed by atoms with E-state index in [0.29, 0.717) is 35.7 Å². The number of nitrogens with one attached hydrogen (secondary N) is 1. The third-order valence-corrected chi connectivity index (χ3v) is 5.37. The van der Waals surface area contributed by atoms with Gasteiger partial charge in [0.05, 0.1) is 25.5 Å². The van der Waals surface area contributed by atoms with Crippen LogP contribution in [0.1, 0.15) is 41.6 Å². The van der Waals surface area contributed by atoms with E-state index in [-0.39, 0.29) is 24.4 Å². The van der Waals surface area contributed by atoms with E-state index in [1.165, 1.54) is 6.07 Å². The highest BCUT2D eigenvalue weighted by Crippen LogP contribution is 2.28.